The summed E-state index contributed by atoms with van der Waals surface area (Å²) in [5.74, 6) is 1.93. The number of hydrogen-bond donors (Lipinski definition) is 1. The number of rotatable bonds is 3. The number of aliphatic hydroxyl groups excluding tert-OH is 1. The summed E-state index contributed by atoms with van der Waals surface area (Å²) >= 11 is 1.87. The maximum atomic E-state index is 10.9. The smallest absolute Gasteiger partial charge is 0.0867 e. The van der Waals surface area contributed by atoms with Crippen LogP contribution in [0.15, 0.2) is 53.4 Å². The molecule has 2 heteroatoms. The van der Waals surface area contributed by atoms with Gasteiger partial charge in [0.25, 0.3) is 0 Å². The van der Waals surface area contributed by atoms with E-state index >= 15 is 0 Å². The second kappa shape index (κ2) is 5.51. The maximum Gasteiger partial charge on any atom is 0.0867 e. The van der Waals surface area contributed by atoms with E-state index in [1.165, 1.54) is 35.3 Å². The molecule has 0 amide bonds. The van der Waals surface area contributed by atoms with Gasteiger partial charge < -0.3 is 5.11 Å². The van der Waals surface area contributed by atoms with Crippen LogP contribution >= 0.6 is 11.8 Å². The van der Waals surface area contributed by atoms with Gasteiger partial charge in [0.2, 0.25) is 0 Å². The Hall–Kier alpha value is -1.25. The molecule has 1 aliphatic carbocycles. The minimum absolute atomic E-state index is 0.225. The molecule has 1 nitrogen and oxygen atoms in total. The average molecular weight is 296 g/mol. The van der Waals surface area contributed by atoms with E-state index in [-0.39, 0.29) is 12.0 Å². The van der Waals surface area contributed by atoms with Crippen molar-refractivity contribution >= 4 is 11.8 Å². The number of fused-ring (bicyclic) bond motifs is 1. The van der Waals surface area contributed by atoms with Gasteiger partial charge >= 0.3 is 0 Å². The van der Waals surface area contributed by atoms with Crippen LogP contribution in [0.2, 0.25) is 0 Å². The third-order valence-corrected chi connectivity index (χ3v) is 6.16. The lowest BCUT2D eigenvalue weighted by molar-refractivity contribution is 0.153. The minimum atomic E-state index is -0.388. The zero-order chi connectivity index (χ0) is 14.2. The largest absolute Gasteiger partial charge is 0.388 e. The summed E-state index contributed by atoms with van der Waals surface area (Å²) in [4.78, 5) is 1.33. The van der Waals surface area contributed by atoms with Crippen LogP contribution in [-0.4, -0.2) is 10.9 Å². The first-order valence-corrected chi connectivity index (χ1v) is 8.81. The first-order valence-electron chi connectivity index (χ1n) is 7.82. The maximum absolute atomic E-state index is 10.9. The Morgan fingerprint density at radius 2 is 1.90 bits per heavy atom. The lowest BCUT2D eigenvalue weighted by Gasteiger charge is -2.27. The van der Waals surface area contributed by atoms with Crippen molar-refractivity contribution in [2.45, 2.75) is 42.1 Å². The highest BCUT2D eigenvalue weighted by atomic mass is 32.2. The summed E-state index contributed by atoms with van der Waals surface area (Å²) in [6, 6.07) is 17.1. The second-order valence-corrected chi connectivity index (χ2v) is 7.26. The molecule has 4 rings (SSSR count). The Morgan fingerprint density at radius 3 is 2.71 bits per heavy atom. The predicted molar refractivity (Wildman–Crippen MR) is 87.9 cm³/mol. The molecule has 0 saturated heterocycles. The van der Waals surface area contributed by atoms with E-state index in [2.05, 4.69) is 48.5 Å². The van der Waals surface area contributed by atoms with Crippen LogP contribution < -0.4 is 0 Å². The van der Waals surface area contributed by atoms with Crippen molar-refractivity contribution in [1.29, 1.82) is 0 Å². The van der Waals surface area contributed by atoms with E-state index in [1.54, 1.807) is 0 Å². The quantitative estimate of drug-likeness (QED) is 0.871. The van der Waals surface area contributed by atoms with E-state index < -0.39 is 0 Å². The third-order valence-electron chi connectivity index (χ3n) is 4.95. The van der Waals surface area contributed by atoms with Gasteiger partial charge in [-0.25, -0.2) is 0 Å². The van der Waals surface area contributed by atoms with Crippen LogP contribution in [0.25, 0.3) is 0 Å². The minimum Gasteiger partial charge on any atom is -0.388 e. The molecular formula is C19H20OS. The zero-order valence-corrected chi connectivity index (χ0v) is 12.9. The Morgan fingerprint density at radius 1 is 1.05 bits per heavy atom. The Labute approximate surface area is 130 Å². The van der Waals surface area contributed by atoms with E-state index in [1.807, 2.05) is 11.8 Å². The molecule has 108 valence electrons. The molecule has 0 bridgehead atoms. The van der Waals surface area contributed by atoms with E-state index in [0.717, 1.165) is 17.2 Å². The molecule has 2 unspecified atom stereocenters. The van der Waals surface area contributed by atoms with Gasteiger partial charge in [-0.05, 0) is 41.5 Å². The fourth-order valence-corrected chi connectivity index (χ4v) is 4.70. The number of aliphatic hydroxyl groups is 1. The highest BCUT2D eigenvalue weighted by Crippen LogP contribution is 2.46. The van der Waals surface area contributed by atoms with Crippen molar-refractivity contribution in [3.63, 3.8) is 0 Å². The Balaban J connectivity index is 1.62. The summed E-state index contributed by atoms with van der Waals surface area (Å²) in [6.45, 7) is 0. The van der Waals surface area contributed by atoms with Gasteiger partial charge in [0.1, 0.15) is 0 Å². The third kappa shape index (κ3) is 2.41. The molecule has 1 saturated carbocycles. The normalized spacial score (nSPS) is 22.6. The molecular weight excluding hydrogens is 276 g/mol. The van der Waals surface area contributed by atoms with Crippen molar-refractivity contribution in [3.8, 4) is 0 Å². The van der Waals surface area contributed by atoms with Gasteiger partial charge in [-0.3, -0.25) is 0 Å². The van der Waals surface area contributed by atoms with E-state index in [0.29, 0.717) is 0 Å². The van der Waals surface area contributed by atoms with Crippen molar-refractivity contribution in [2.75, 3.05) is 5.75 Å². The fourth-order valence-electron chi connectivity index (χ4n) is 3.42. The lowest BCUT2D eigenvalue weighted by atomic mass is 9.79. The van der Waals surface area contributed by atoms with Crippen molar-refractivity contribution in [1.82, 2.24) is 0 Å². The van der Waals surface area contributed by atoms with Crippen LogP contribution in [0, 0.1) is 0 Å². The van der Waals surface area contributed by atoms with E-state index in [4.69, 9.17) is 0 Å². The van der Waals surface area contributed by atoms with Gasteiger partial charge in [-0.1, -0.05) is 48.9 Å². The van der Waals surface area contributed by atoms with Crippen LogP contribution in [0.3, 0.4) is 0 Å². The molecule has 2 aliphatic rings. The summed E-state index contributed by atoms with van der Waals surface area (Å²) in [6.07, 6.45) is 3.58. The summed E-state index contributed by atoms with van der Waals surface area (Å²) in [5, 5.41) is 10.9. The summed E-state index contributed by atoms with van der Waals surface area (Å²) in [5.41, 5.74) is 3.81. The molecule has 2 aromatic carbocycles. The zero-order valence-electron chi connectivity index (χ0n) is 12.0. The molecule has 1 N–H and O–H groups in total. The van der Waals surface area contributed by atoms with Crippen LogP contribution in [0.5, 0.6) is 0 Å². The molecule has 2 aromatic rings. The van der Waals surface area contributed by atoms with Crippen LogP contribution in [-0.2, 0) is 0 Å². The topological polar surface area (TPSA) is 20.2 Å². The predicted octanol–water partition coefficient (Wildman–Crippen LogP) is 4.88. The van der Waals surface area contributed by atoms with Gasteiger partial charge in [0, 0.05) is 16.6 Å². The first kappa shape index (κ1) is 13.4. The highest BCUT2D eigenvalue weighted by molar-refractivity contribution is 7.99. The molecule has 21 heavy (non-hydrogen) atoms. The van der Waals surface area contributed by atoms with Crippen molar-refractivity contribution in [2.24, 2.45) is 0 Å². The van der Waals surface area contributed by atoms with Gasteiger partial charge in [-0.2, -0.15) is 0 Å². The molecule has 1 aliphatic heterocycles. The number of benzene rings is 2. The SMILES string of the molecule is OC(c1cccc(C2CCC2)c1)C1CSc2ccccc21. The van der Waals surface area contributed by atoms with Gasteiger partial charge in [0.15, 0.2) is 0 Å². The Kier molecular flexibility index (Phi) is 3.52. The second-order valence-electron chi connectivity index (χ2n) is 6.20. The van der Waals surface area contributed by atoms with Crippen LogP contribution in [0.4, 0.5) is 0 Å². The van der Waals surface area contributed by atoms with Crippen LogP contribution in [0.1, 0.15) is 53.9 Å². The molecule has 1 fully saturated rings. The fraction of sp³-hybridized carbons (Fsp3) is 0.368. The first-order chi connectivity index (χ1) is 10.3. The van der Waals surface area contributed by atoms with E-state index in [9.17, 15) is 5.11 Å². The standard InChI is InChI=1S/C19H20OS/c20-19(17-12-21-18-10-2-1-9-16(17)18)15-8-4-7-14(11-15)13-5-3-6-13/h1-2,4,7-11,13,17,19-20H,3,5-6,12H2. The van der Waals surface area contributed by atoms with Crippen molar-refractivity contribution < 1.29 is 5.11 Å². The lowest BCUT2D eigenvalue weighted by Crippen LogP contribution is -2.13. The average Bonchev–Trinajstić information content (AvgIpc) is 2.89. The highest BCUT2D eigenvalue weighted by Gasteiger charge is 2.30. The van der Waals surface area contributed by atoms with Gasteiger partial charge in [-0.15, -0.1) is 11.8 Å². The van der Waals surface area contributed by atoms with Gasteiger partial charge in [0.05, 0.1) is 6.10 Å². The number of thioether (sulfide) groups is 1. The molecule has 0 radical (unpaired) electrons. The molecule has 0 spiro atoms. The molecule has 2 atom stereocenters. The molecule has 1 heterocycles. The summed E-state index contributed by atoms with van der Waals surface area (Å²) in [7, 11) is 0. The summed E-state index contributed by atoms with van der Waals surface area (Å²) < 4.78 is 0. The monoisotopic (exact) mass is 296 g/mol. The number of hydrogen-bond acceptors (Lipinski definition) is 2. The molecule has 0 aromatic heterocycles. The van der Waals surface area contributed by atoms with Crippen molar-refractivity contribution in [3.05, 3.63) is 65.2 Å². The Bertz CT molecular complexity index is 648.